The standard InChI is InChI=1S/C20H23N5O/c1-15(12-20(2,3)16-8-5-4-6-9-16)24-19(26)17-10-7-11-22-18(17)25-14-21-13-23-25/h4-11,13-15H,12H2,1-3H3,(H,24,26). The number of benzene rings is 1. The van der Waals surface area contributed by atoms with Crippen molar-refractivity contribution in [3.63, 3.8) is 0 Å². The Kier molecular flexibility index (Phi) is 5.11. The van der Waals surface area contributed by atoms with Gasteiger partial charge in [0.1, 0.15) is 12.7 Å². The number of carbonyl (C=O) groups excluding carboxylic acids is 1. The lowest BCUT2D eigenvalue weighted by molar-refractivity contribution is 0.0934. The zero-order valence-corrected chi connectivity index (χ0v) is 15.3. The number of hydrogen-bond acceptors (Lipinski definition) is 4. The molecule has 0 aliphatic rings. The summed E-state index contributed by atoms with van der Waals surface area (Å²) in [5, 5.41) is 7.15. The highest BCUT2D eigenvalue weighted by Gasteiger charge is 2.25. The van der Waals surface area contributed by atoms with Gasteiger partial charge in [-0.15, -0.1) is 0 Å². The maximum atomic E-state index is 12.8. The molecular formula is C20H23N5O. The molecule has 0 spiro atoms. The summed E-state index contributed by atoms with van der Waals surface area (Å²) in [5.74, 6) is 0.303. The second-order valence-corrected chi connectivity index (χ2v) is 7.04. The Balaban J connectivity index is 1.73. The number of carbonyl (C=O) groups is 1. The molecule has 3 aromatic rings. The van der Waals surface area contributed by atoms with Crippen LogP contribution >= 0.6 is 0 Å². The summed E-state index contributed by atoms with van der Waals surface area (Å²) in [4.78, 5) is 21.0. The average molecular weight is 349 g/mol. The fraction of sp³-hybridized carbons (Fsp3) is 0.300. The highest BCUT2D eigenvalue weighted by Crippen LogP contribution is 2.28. The zero-order valence-electron chi connectivity index (χ0n) is 15.3. The van der Waals surface area contributed by atoms with Crippen LogP contribution in [0.25, 0.3) is 5.82 Å². The van der Waals surface area contributed by atoms with E-state index >= 15 is 0 Å². The van der Waals surface area contributed by atoms with Gasteiger partial charge in [0.15, 0.2) is 5.82 Å². The Bertz CT molecular complexity index is 859. The zero-order chi connectivity index (χ0) is 18.6. The van der Waals surface area contributed by atoms with Gasteiger partial charge in [0, 0.05) is 12.2 Å². The lowest BCUT2D eigenvalue weighted by Gasteiger charge is -2.29. The summed E-state index contributed by atoms with van der Waals surface area (Å²) in [5.41, 5.74) is 1.69. The van der Waals surface area contributed by atoms with Crippen LogP contribution in [-0.2, 0) is 5.41 Å². The smallest absolute Gasteiger partial charge is 0.255 e. The van der Waals surface area contributed by atoms with Gasteiger partial charge in [0.2, 0.25) is 0 Å². The quantitative estimate of drug-likeness (QED) is 0.742. The predicted octanol–water partition coefficient (Wildman–Crippen LogP) is 3.15. The van der Waals surface area contributed by atoms with Gasteiger partial charge in [0.05, 0.1) is 5.56 Å². The maximum Gasteiger partial charge on any atom is 0.255 e. The molecule has 0 bridgehead atoms. The van der Waals surface area contributed by atoms with E-state index in [9.17, 15) is 4.79 Å². The van der Waals surface area contributed by atoms with Crippen LogP contribution in [0, 0.1) is 0 Å². The predicted molar refractivity (Wildman–Crippen MR) is 100 cm³/mol. The van der Waals surface area contributed by atoms with Crippen LogP contribution in [0.15, 0.2) is 61.3 Å². The fourth-order valence-electron chi connectivity index (χ4n) is 3.20. The largest absolute Gasteiger partial charge is 0.349 e. The number of nitrogens with one attached hydrogen (secondary N) is 1. The van der Waals surface area contributed by atoms with Crippen molar-refractivity contribution in [2.45, 2.75) is 38.6 Å². The molecule has 2 heterocycles. The summed E-state index contributed by atoms with van der Waals surface area (Å²) >= 11 is 0. The van der Waals surface area contributed by atoms with Crippen molar-refractivity contribution in [2.24, 2.45) is 0 Å². The van der Waals surface area contributed by atoms with Gasteiger partial charge in [0.25, 0.3) is 5.91 Å². The maximum absolute atomic E-state index is 12.8. The van der Waals surface area contributed by atoms with Crippen molar-refractivity contribution in [1.82, 2.24) is 25.1 Å². The molecule has 26 heavy (non-hydrogen) atoms. The van der Waals surface area contributed by atoms with Gasteiger partial charge >= 0.3 is 0 Å². The van der Waals surface area contributed by atoms with E-state index in [2.05, 4.69) is 46.4 Å². The molecule has 2 aromatic heterocycles. The van der Waals surface area contributed by atoms with E-state index in [0.29, 0.717) is 11.4 Å². The number of pyridine rings is 1. The summed E-state index contributed by atoms with van der Waals surface area (Å²) in [6.45, 7) is 6.40. The molecule has 0 aliphatic heterocycles. The molecule has 3 rings (SSSR count). The molecule has 1 unspecified atom stereocenters. The molecule has 6 heteroatoms. The second kappa shape index (κ2) is 7.47. The molecule has 1 atom stereocenters. The summed E-state index contributed by atoms with van der Waals surface area (Å²) in [7, 11) is 0. The minimum absolute atomic E-state index is 0.00140. The van der Waals surface area contributed by atoms with Crippen molar-refractivity contribution >= 4 is 5.91 Å². The first-order valence-corrected chi connectivity index (χ1v) is 8.64. The van der Waals surface area contributed by atoms with E-state index in [1.165, 1.54) is 22.9 Å². The molecule has 6 nitrogen and oxygen atoms in total. The monoisotopic (exact) mass is 349 g/mol. The first-order valence-electron chi connectivity index (χ1n) is 8.64. The average Bonchev–Trinajstić information content (AvgIpc) is 3.16. The van der Waals surface area contributed by atoms with Crippen LogP contribution < -0.4 is 5.32 Å². The highest BCUT2D eigenvalue weighted by atomic mass is 16.1. The fourth-order valence-corrected chi connectivity index (χ4v) is 3.20. The third-order valence-electron chi connectivity index (χ3n) is 4.42. The molecular weight excluding hydrogens is 326 g/mol. The minimum Gasteiger partial charge on any atom is -0.349 e. The molecule has 0 fully saturated rings. The van der Waals surface area contributed by atoms with Crippen molar-refractivity contribution in [3.8, 4) is 5.82 Å². The first-order chi connectivity index (χ1) is 12.5. The third kappa shape index (κ3) is 3.96. The number of rotatable bonds is 6. The number of aromatic nitrogens is 4. The van der Waals surface area contributed by atoms with E-state index in [0.717, 1.165) is 6.42 Å². The molecule has 1 amide bonds. The highest BCUT2D eigenvalue weighted by molar-refractivity contribution is 5.97. The van der Waals surface area contributed by atoms with Gasteiger partial charge in [-0.1, -0.05) is 44.2 Å². The molecule has 0 aliphatic carbocycles. The van der Waals surface area contributed by atoms with E-state index in [1.54, 1.807) is 18.3 Å². The number of amides is 1. The third-order valence-corrected chi connectivity index (χ3v) is 4.42. The van der Waals surface area contributed by atoms with Crippen LogP contribution in [0.5, 0.6) is 0 Å². The summed E-state index contributed by atoms with van der Waals surface area (Å²) < 4.78 is 1.49. The normalized spacial score (nSPS) is 12.6. The lowest BCUT2D eigenvalue weighted by Crippen LogP contribution is -2.37. The van der Waals surface area contributed by atoms with Gasteiger partial charge in [-0.2, -0.15) is 5.10 Å². The van der Waals surface area contributed by atoms with Crippen LogP contribution in [0.1, 0.15) is 43.1 Å². The van der Waals surface area contributed by atoms with Crippen molar-refractivity contribution < 1.29 is 4.79 Å². The Morgan fingerprint density at radius 2 is 1.96 bits per heavy atom. The second-order valence-electron chi connectivity index (χ2n) is 7.04. The molecule has 1 aromatic carbocycles. The van der Waals surface area contributed by atoms with Gasteiger partial charge in [-0.25, -0.2) is 14.6 Å². The van der Waals surface area contributed by atoms with E-state index in [4.69, 9.17) is 0 Å². The Hall–Kier alpha value is -3.02. The van der Waals surface area contributed by atoms with Crippen molar-refractivity contribution in [2.75, 3.05) is 0 Å². The van der Waals surface area contributed by atoms with Gasteiger partial charge in [-0.05, 0) is 36.5 Å². The van der Waals surface area contributed by atoms with Crippen molar-refractivity contribution in [3.05, 3.63) is 72.4 Å². The first kappa shape index (κ1) is 17.8. The van der Waals surface area contributed by atoms with Crippen molar-refractivity contribution in [1.29, 1.82) is 0 Å². The van der Waals surface area contributed by atoms with Crippen LogP contribution in [0.3, 0.4) is 0 Å². The summed E-state index contributed by atoms with van der Waals surface area (Å²) in [6.07, 6.45) is 5.40. The molecule has 134 valence electrons. The van der Waals surface area contributed by atoms with E-state index in [1.807, 2.05) is 25.1 Å². The Morgan fingerprint density at radius 1 is 1.19 bits per heavy atom. The molecule has 0 radical (unpaired) electrons. The number of nitrogens with zero attached hydrogens (tertiary/aromatic N) is 4. The SMILES string of the molecule is CC(CC(C)(C)c1ccccc1)NC(=O)c1cccnc1-n1cncn1. The van der Waals surface area contributed by atoms with E-state index in [-0.39, 0.29) is 17.4 Å². The molecule has 0 saturated carbocycles. The summed E-state index contributed by atoms with van der Waals surface area (Å²) in [6, 6.07) is 13.8. The lowest BCUT2D eigenvalue weighted by atomic mass is 9.79. The van der Waals surface area contributed by atoms with Crippen LogP contribution in [-0.4, -0.2) is 31.7 Å². The van der Waals surface area contributed by atoms with Gasteiger partial charge < -0.3 is 5.32 Å². The Morgan fingerprint density at radius 3 is 2.65 bits per heavy atom. The van der Waals surface area contributed by atoms with Gasteiger partial charge in [-0.3, -0.25) is 4.79 Å². The van der Waals surface area contributed by atoms with Crippen LogP contribution in [0.4, 0.5) is 0 Å². The molecule has 1 N–H and O–H groups in total. The van der Waals surface area contributed by atoms with Crippen LogP contribution in [0.2, 0.25) is 0 Å². The molecule has 0 saturated heterocycles. The number of hydrogen-bond donors (Lipinski definition) is 1. The Labute approximate surface area is 153 Å². The van der Waals surface area contributed by atoms with E-state index < -0.39 is 0 Å². The minimum atomic E-state index is -0.167. The topological polar surface area (TPSA) is 72.7 Å².